The van der Waals surface area contributed by atoms with Gasteiger partial charge in [0.2, 0.25) is 0 Å². The molecule has 0 bridgehead atoms. The van der Waals surface area contributed by atoms with Crippen LogP contribution in [0.4, 0.5) is 0 Å². The van der Waals surface area contributed by atoms with Crippen molar-refractivity contribution in [2.45, 2.75) is 46.1 Å². The van der Waals surface area contributed by atoms with Gasteiger partial charge in [0.05, 0.1) is 25.1 Å². The van der Waals surface area contributed by atoms with E-state index in [4.69, 9.17) is 4.74 Å². The molecule has 1 heterocycles. The predicted octanol–water partition coefficient (Wildman–Crippen LogP) is 4.13. The summed E-state index contributed by atoms with van der Waals surface area (Å²) >= 11 is 0. The summed E-state index contributed by atoms with van der Waals surface area (Å²) in [4.78, 5) is 8.78. The van der Waals surface area contributed by atoms with Crippen LogP contribution in [0.1, 0.15) is 43.6 Å². The lowest BCUT2D eigenvalue weighted by atomic mass is 10.1. The first-order chi connectivity index (χ1) is 15.5. The smallest absolute Gasteiger partial charge is 0.191 e. The third kappa shape index (κ3) is 9.05. The minimum absolute atomic E-state index is 0. The van der Waals surface area contributed by atoms with E-state index in [-0.39, 0.29) is 30.1 Å². The number of aliphatic hydroxyl groups excluding tert-OH is 1. The second-order valence-corrected chi connectivity index (χ2v) is 7.89. The number of aromatic nitrogens is 2. The average molecular weight is 563 g/mol. The topological polar surface area (TPSA) is 83.7 Å². The molecule has 1 aromatic heterocycles. The van der Waals surface area contributed by atoms with Crippen molar-refractivity contribution in [1.82, 2.24) is 20.2 Å². The Morgan fingerprint density at radius 2 is 1.91 bits per heavy atom. The van der Waals surface area contributed by atoms with Crippen molar-refractivity contribution in [2.24, 2.45) is 4.99 Å². The number of nitrogens with one attached hydrogen (secondary N) is 2. The van der Waals surface area contributed by atoms with Gasteiger partial charge in [0.25, 0.3) is 0 Å². The van der Waals surface area contributed by atoms with Crippen molar-refractivity contribution < 1.29 is 9.84 Å². The number of benzene rings is 2. The van der Waals surface area contributed by atoms with Crippen molar-refractivity contribution in [3.63, 3.8) is 0 Å². The molecule has 178 valence electrons. The molecule has 33 heavy (non-hydrogen) atoms. The van der Waals surface area contributed by atoms with E-state index in [0.717, 1.165) is 30.0 Å². The normalized spacial score (nSPS) is 12.2. The molecular formula is C25H34IN5O2. The summed E-state index contributed by atoms with van der Waals surface area (Å²) in [5, 5.41) is 17.1. The molecular weight excluding hydrogens is 529 g/mol. The number of guanidine groups is 1. The Labute approximate surface area is 213 Å². The van der Waals surface area contributed by atoms with Crippen molar-refractivity contribution >= 4 is 29.9 Å². The zero-order valence-electron chi connectivity index (χ0n) is 19.4. The largest absolute Gasteiger partial charge is 0.491 e. The molecule has 2 aromatic carbocycles. The highest BCUT2D eigenvalue weighted by molar-refractivity contribution is 14.0. The molecule has 0 radical (unpaired) electrons. The lowest BCUT2D eigenvalue weighted by Crippen LogP contribution is -2.39. The van der Waals surface area contributed by atoms with Gasteiger partial charge in [-0.3, -0.25) is 0 Å². The summed E-state index contributed by atoms with van der Waals surface area (Å²) in [6.07, 6.45) is 4.96. The molecule has 0 saturated heterocycles. The minimum Gasteiger partial charge on any atom is -0.491 e. The first kappa shape index (κ1) is 26.7. The van der Waals surface area contributed by atoms with Gasteiger partial charge >= 0.3 is 0 Å². The monoisotopic (exact) mass is 563 g/mol. The minimum atomic E-state index is -0.673. The van der Waals surface area contributed by atoms with E-state index >= 15 is 0 Å². The summed E-state index contributed by atoms with van der Waals surface area (Å²) in [5.74, 6) is 1.42. The van der Waals surface area contributed by atoms with E-state index in [9.17, 15) is 5.11 Å². The molecule has 0 aliphatic rings. The summed E-state index contributed by atoms with van der Waals surface area (Å²) in [6.45, 7) is 8.39. The van der Waals surface area contributed by atoms with Gasteiger partial charge in [0.1, 0.15) is 5.75 Å². The van der Waals surface area contributed by atoms with Crippen LogP contribution in [0.25, 0.3) is 0 Å². The van der Waals surface area contributed by atoms with E-state index < -0.39 is 6.10 Å². The Morgan fingerprint density at radius 3 is 2.64 bits per heavy atom. The highest BCUT2D eigenvalue weighted by atomic mass is 127. The van der Waals surface area contributed by atoms with Gasteiger partial charge in [-0.2, -0.15) is 0 Å². The summed E-state index contributed by atoms with van der Waals surface area (Å²) < 4.78 is 7.76. The zero-order valence-corrected chi connectivity index (χ0v) is 21.8. The van der Waals surface area contributed by atoms with Crippen molar-refractivity contribution in [3.05, 3.63) is 83.9 Å². The van der Waals surface area contributed by atoms with Gasteiger partial charge in [0, 0.05) is 32.0 Å². The van der Waals surface area contributed by atoms with Crippen LogP contribution in [0, 0.1) is 0 Å². The molecule has 3 aromatic rings. The average Bonchev–Trinajstić information content (AvgIpc) is 3.28. The van der Waals surface area contributed by atoms with Crippen molar-refractivity contribution in [1.29, 1.82) is 0 Å². The number of ether oxygens (including phenoxy) is 1. The van der Waals surface area contributed by atoms with Crippen LogP contribution in [0.15, 0.2) is 72.2 Å². The molecule has 3 N–H and O–H groups in total. The van der Waals surface area contributed by atoms with Crippen LogP contribution < -0.4 is 15.4 Å². The third-order valence-electron chi connectivity index (χ3n) is 4.76. The lowest BCUT2D eigenvalue weighted by molar-refractivity contribution is 0.179. The van der Waals surface area contributed by atoms with Crippen LogP contribution in [-0.2, 0) is 13.1 Å². The Kier molecular flexibility index (Phi) is 11.2. The van der Waals surface area contributed by atoms with E-state index in [2.05, 4.69) is 38.8 Å². The molecule has 3 rings (SSSR count). The number of rotatable bonds is 10. The number of aliphatic hydroxyl groups is 1. The fraction of sp³-hybridized carbons (Fsp3) is 0.360. The maximum absolute atomic E-state index is 10.6. The standard InChI is InChI=1S/C25H33N5O2.HI/c1-4-27-25(29-16-24(31)22-9-6-10-23(14-22)32-19(2)3)28-15-20-7-5-8-21(13-20)17-30-12-11-26-18-30;/h5-14,18-19,24,31H,4,15-17H2,1-3H3,(H2,27,28,29);1H. The second kappa shape index (κ2) is 13.8. The Balaban J connectivity index is 0.00000385. The molecule has 0 amide bonds. The maximum Gasteiger partial charge on any atom is 0.191 e. The molecule has 0 fully saturated rings. The van der Waals surface area contributed by atoms with Gasteiger partial charge in [-0.1, -0.05) is 36.4 Å². The SMILES string of the molecule is CCNC(=NCc1cccc(Cn2ccnc2)c1)NCC(O)c1cccc(OC(C)C)c1.I. The molecule has 8 heteroatoms. The molecule has 1 atom stereocenters. The van der Waals surface area contributed by atoms with Gasteiger partial charge in [-0.25, -0.2) is 9.98 Å². The maximum atomic E-state index is 10.6. The zero-order chi connectivity index (χ0) is 22.8. The fourth-order valence-electron chi connectivity index (χ4n) is 3.31. The number of aliphatic imine (C=N–C) groups is 1. The van der Waals surface area contributed by atoms with Gasteiger partial charge in [0.15, 0.2) is 5.96 Å². The van der Waals surface area contributed by atoms with E-state index in [1.807, 2.05) is 68.2 Å². The quantitative estimate of drug-likeness (QED) is 0.196. The Hall–Kier alpha value is -2.59. The third-order valence-corrected chi connectivity index (χ3v) is 4.76. The highest BCUT2D eigenvalue weighted by Gasteiger charge is 2.10. The predicted molar refractivity (Wildman–Crippen MR) is 143 cm³/mol. The molecule has 0 aliphatic carbocycles. The number of nitrogens with zero attached hydrogens (tertiary/aromatic N) is 3. The number of halogens is 1. The second-order valence-electron chi connectivity index (χ2n) is 7.89. The number of hydrogen-bond donors (Lipinski definition) is 3. The molecule has 0 spiro atoms. The highest BCUT2D eigenvalue weighted by Crippen LogP contribution is 2.20. The van der Waals surface area contributed by atoms with Crippen LogP contribution in [0.2, 0.25) is 0 Å². The Morgan fingerprint density at radius 1 is 1.12 bits per heavy atom. The van der Waals surface area contributed by atoms with E-state index in [0.29, 0.717) is 19.0 Å². The van der Waals surface area contributed by atoms with Gasteiger partial charge in [-0.05, 0) is 49.6 Å². The number of imidazole rings is 1. The first-order valence-electron chi connectivity index (χ1n) is 11.0. The summed E-state index contributed by atoms with van der Waals surface area (Å²) in [7, 11) is 0. The fourth-order valence-corrected chi connectivity index (χ4v) is 3.31. The first-order valence-corrected chi connectivity index (χ1v) is 11.0. The summed E-state index contributed by atoms with van der Waals surface area (Å²) in [6, 6.07) is 15.9. The van der Waals surface area contributed by atoms with Crippen LogP contribution in [-0.4, -0.2) is 39.8 Å². The number of hydrogen-bond acceptors (Lipinski definition) is 4. The van der Waals surface area contributed by atoms with Crippen LogP contribution in [0.3, 0.4) is 0 Å². The molecule has 1 unspecified atom stereocenters. The van der Waals surface area contributed by atoms with Gasteiger partial charge in [-0.15, -0.1) is 24.0 Å². The van der Waals surface area contributed by atoms with E-state index in [1.165, 1.54) is 5.56 Å². The molecule has 0 saturated carbocycles. The van der Waals surface area contributed by atoms with Crippen LogP contribution >= 0.6 is 24.0 Å². The molecule has 7 nitrogen and oxygen atoms in total. The van der Waals surface area contributed by atoms with Crippen molar-refractivity contribution in [2.75, 3.05) is 13.1 Å². The van der Waals surface area contributed by atoms with E-state index in [1.54, 1.807) is 6.20 Å². The van der Waals surface area contributed by atoms with Crippen LogP contribution in [0.5, 0.6) is 5.75 Å². The van der Waals surface area contributed by atoms with Gasteiger partial charge < -0.3 is 25.0 Å². The summed E-state index contributed by atoms with van der Waals surface area (Å²) in [5.41, 5.74) is 3.13. The Bertz CT molecular complexity index is 992. The van der Waals surface area contributed by atoms with Crippen molar-refractivity contribution in [3.8, 4) is 5.75 Å². The lowest BCUT2D eigenvalue weighted by Gasteiger charge is -2.17. The molecule has 0 aliphatic heterocycles.